The molecule has 2 N–H and O–H groups in total. The van der Waals surface area contributed by atoms with E-state index in [1.54, 1.807) is 6.07 Å². The maximum Gasteiger partial charge on any atom is 0.240 e. The Hall–Kier alpha value is -2.09. The number of morpholine rings is 1. The summed E-state index contributed by atoms with van der Waals surface area (Å²) in [5.74, 6) is 0. The molecule has 6 nitrogen and oxygen atoms in total. The normalized spacial score (nSPS) is 20.9. The summed E-state index contributed by atoms with van der Waals surface area (Å²) in [5.41, 5.74) is 4.36. The minimum absolute atomic E-state index is 0.143. The Morgan fingerprint density at radius 2 is 1.87 bits per heavy atom. The molecule has 7 heteroatoms. The van der Waals surface area contributed by atoms with Gasteiger partial charge in [-0.25, -0.2) is 13.1 Å². The maximum atomic E-state index is 12.7. The highest BCUT2D eigenvalue weighted by atomic mass is 32.2. The molecule has 0 bridgehead atoms. The number of anilines is 2. The standard InChI is InChI=1S/C24H33N3O3S/c1-17(2)26-31(28,29)20-8-9-22-21(15-20)24(3,4)16-23(25-22)18-6-5-7-19(14-18)27-10-12-30-13-11-27/h5-9,14-15,17,23,25-26H,10-13,16H2,1-4H3. The van der Waals surface area contributed by atoms with Crippen LogP contribution in [0.5, 0.6) is 0 Å². The van der Waals surface area contributed by atoms with Gasteiger partial charge in [0.15, 0.2) is 0 Å². The van der Waals surface area contributed by atoms with Crippen LogP contribution >= 0.6 is 0 Å². The zero-order chi connectivity index (χ0) is 22.2. The van der Waals surface area contributed by atoms with Gasteiger partial charge in [-0.15, -0.1) is 0 Å². The van der Waals surface area contributed by atoms with E-state index in [1.807, 2.05) is 26.0 Å². The van der Waals surface area contributed by atoms with Crippen LogP contribution in [0.2, 0.25) is 0 Å². The average molecular weight is 444 g/mol. The van der Waals surface area contributed by atoms with Crippen LogP contribution in [0.15, 0.2) is 47.4 Å². The Balaban J connectivity index is 1.62. The predicted octanol–water partition coefficient (Wildman–Crippen LogP) is 4.04. The fourth-order valence-electron chi connectivity index (χ4n) is 4.57. The van der Waals surface area contributed by atoms with E-state index in [0.29, 0.717) is 4.90 Å². The van der Waals surface area contributed by atoms with E-state index in [2.05, 4.69) is 53.1 Å². The average Bonchev–Trinajstić information content (AvgIpc) is 2.73. The number of rotatable bonds is 5. The van der Waals surface area contributed by atoms with Gasteiger partial charge in [0.25, 0.3) is 0 Å². The fraction of sp³-hybridized carbons (Fsp3) is 0.500. The molecule has 2 aromatic carbocycles. The topological polar surface area (TPSA) is 70.7 Å². The van der Waals surface area contributed by atoms with Crippen molar-refractivity contribution in [1.29, 1.82) is 0 Å². The summed E-state index contributed by atoms with van der Waals surface area (Å²) in [6, 6.07) is 14.2. The molecule has 2 heterocycles. The molecule has 0 aromatic heterocycles. The molecule has 4 rings (SSSR count). The first-order valence-electron chi connectivity index (χ1n) is 11.0. The molecule has 0 aliphatic carbocycles. The van der Waals surface area contributed by atoms with Gasteiger partial charge in [0.2, 0.25) is 10.0 Å². The van der Waals surface area contributed by atoms with Crippen molar-refractivity contribution in [2.75, 3.05) is 36.5 Å². The second kappa shape index (κ2) is 8.45. The first kappa shape index (κ1) is 22.1. The van der Waals surface area contributed by atoms with Gasteiger partial charge in [-0.3, -0.25) is 0 Å². The third-order valence-corrected chi connectivity index (χ3v) is 7.77. The molecule has 1 atom stereocenters. The lowest BCUT2D eigenvalue weighted by Crippen LogP contribution is -2.36. The van der Waals surface area contributed by atoms with E-state index in [1.165, 1.54) is 11.3 Å². The fourth-order valence-corrected chi connectivity index (χ4v) is 5.85. The second-order valence-corrected chi connectivity index (χ2v) is 11.2. The molecular weight excluding hydrogens is 410 g/mol. The summed E-state index contributed by atoms with van der Waals surface area (Å²) in [4.78, 5) is 2.69. The molecule has 168 valence electrons. The van der Waals surface area contributed by atoms with Crippen molar-refractivity contribution in [1.82, 2.24) is 4.72 Å². The van der Waals surface area contributed by atoms with Crippen molar-refractivity contribution in [3.05, 3.63) is 53.6 Å². The third kappa shape index (κ3) is 4.73. The molecule has 1 fully saturated rings. The highest BCUT2D eigenvalue weighted by Gasteiger charge is 2.34. The number of ether oxygens (including phenoxy) is 1. The van der Waals surface area contributed by atoms with E-state index in [0.717, 1.165) is 44.0 Å². The molecule has 1 saturated heterocycles. The highest BCUT2D eigenvalue weighted by molar-refractivity contribution is 7.89. The Morgan fingerprint density at radius 3 is 2.58 bits per heavy atom. The van der Waals surface area contributed by atoms with Gasteiger partial charge in [0, 0.05) is 30.5 Å². The lowest BCUT2D eigenvalue weighted by molar-refractivity contribution is 0.122. The van der Waals surface area contributed by atoms with Gasteiger partial charge in [-0.05, 0) is 67.1 Å². The SMILES string of the molecule is CC(C)NS(=O)(=O)c1ccc2c(c1)C(C)(C)CC(c1cccc(N3CCOCC3)c1)N2. The molecule has 31 heavy (non-hydrogen) atoms. The number of fused-ring (bicyclic) bond motifs is 1. The Labute approximate surface area is 186 Å². The predicted molar refractivity (Wildman–Crippen MR) is 125 cm³/mol. The van der Waals surface area contributed by atoms with Crippen LogP contribution in [0.1, 0.15) is 51.3 Å². The van der Waals surface area contributed by atoms with E-state index >= 15 is 0 Å². The van der Waals surface area contributed by atoms with E-state index < -0.39 is 10.0 Å². The minimum atomic E-state index is -3.52. The summed E-state index contributed by atoms with van der Waals surface area (Å²) in [5, 5.41) is 3.66. The molecule has 0 amide bonds. The van der Waals surface area contributed by atoms with Crippen LogP contribution in [0.25, 0.3) is 0 Å². The van der Waals surface area contributed by atoms with Crippen LogP contribution in [0, 0.1) is 0 Å². The van der Waals surface area contributed by atoms with Gasteiger partial charge in [0.1, 0.15) is 0 Å². The van der Waals surface area contributed by atoms with E-state index in [-0.39, 0.29) is 17.5 Å². The summed E-state index contributed by atoms with van der Waals surface area (Å²) in [7, 11) is -3.52. The van der Waals surface area contributed by atoms with Crippen molar-refractivity contribution < 1.29 is 13.2 Å². The third-order valence-electron chi connectivity index (χ3n) is 6.11. The van der Waals surface area contributed by atoms with Crippen molar-refractivity contribution in [2.45, 2.75) is 56.5 Å². The number of benzene rings is 2. The lowest BCUT2D eigenvalue weighted by Gasteiger charge is -2.39. The monoisotopic (exact) mass is 443 g/mol. The van der Waals surface area contributed by atoms with Crippen molar-refractivity contribution >= 4 is 21.4 Å². The van der Waals surface area contributed by atoms with Gasteiger partial charge in [-0.2, -0.15) is 0 Å². The van der Waals surface area contributed by atoms with Crippen molar-refractivity contribution in [2.24, 2.45) is 0 Å². The molecule has 1 unspecified atom stereocenters. The number of sulfonamides is 1. The smallest absolute Gasteiger partial charge is 0.240 e. The van der Waals surface area contributed by atoms with Crippen LogP contribution < -0.4 is 14.9 Å². The summed E-state index contributed by atoms with van der Waals surface area (Å²) < 4.78 is 33.5. The van der Waals surface area contributed by atoms with Crippen molar-refractivity contribution in [3.63, 3.8) is 0 Å². The second-order valence-electron chi connectivity index (χ2n) is 9.46. The molecule has 2 aliphatic rings. The number of nitrogens with one attached hydrogen (secondary N) is 2. The van der Waals surface area contributed by atoms with Gasteiger partial charge in [-0.1, -0.05) is 26.0 Å². The largest absolute Gasteiger partial charge is 0.378 e. The van der Waals surface area contributed by atoms with Crippen molar-refractivity contribution in [3.8, 4) is 0 Å². The quantitative estimate of drug-likeness (QED) is 0.730. The first-order chi connectivity index (χ1) is 14.7. The summed E-state index contributed by atoms with van der Waals surface area (Å²) in [6.45, 7) is 11.4. The van der Waals surface area contributed by atoms with Crippen LogP contribution in [-0.4, -0.2) is 40.8 Å². The van der Waals surface area contributed by atoms with Gasteiger partial charge < -0.3 is 15.0 Å². The maximum absolute atomic E-state index is 12.7. The van der Waals surface area contributed by atoms with Crippen LogP contribution in [-0.2, 0) is 20.2 Å². The van der Waals surface area contributed by atoms with Crippen LogP contribution in [0.3, 0.4) is 0 Å². The zero-order valence-corrected chi connectivity index (χ0v) is 19.6. The number of hydrogen-bond donors (Lipinski definition) is 2. The number of hydrogen-bond acceptors (Lipinski definition) is 5. The Kier molecular flexibility index (Phi) is 6.03. The molecule has 0 spiro atoms. The van der Waals surface area contributed by atoms with E-state index in [9.17, 15) is 8.42 Å². The number of nitrogens with zero attached hydrogens (tertiary/aromatic N) is 1. The Morgan fingerprint density at radius 1 is 1.13 bits per heavy atom. The molecule has 0 radical (unpaired) electrons. The first-order valence-corrected chi connectivity index (χ1v) is 12.5. The zero-order valence-electron chi connectivity index (χ0n) is 18.8. The van der Waals surface area contributed by atoms with Crippen LogP contribution in [0.4, 0.5) is 11.4 Å². The highest BCUT2D eigenvalue weighted by Crippen LogP contribution is 2.45. The molecular formula is C24H33N3O3S. The Bertz CT molecular complexity index is 1040. The summed E-state index contributed by atoms with van der Waals surface area (Å²) >= 11 is 0. The minimum Gasteiger partial charge on any atom is -0.378 e. The lowest BCUT2D eigenvalue weighted by atomic mass is 9.74. The van der Waals surface area contributed by atoms with Gasteiger partial charge >= 0.3 is 0 Å². The van der Waals surface area contributed by atoms with E-state index in [4.69, 9.17) is 4.74 Å². The van der Waals surface area contributed by atoms with Gasteiger partial charge in [0.05, 0.1) is 24.2 Å². The molecule has 0 saturated carbocycles. The molecule has 2 aliphatic heterocycles. The summed E-state index contributed by atoms with van der Waals surface area (Å²) in [6.07, 6.45) is 0.883. The molecule has 2 aromatic rings.